The van der Waals surface area contributed by atoms with Gasteiger partial charge in [-0.15, -0.1) is 0 Å². The number of rotatable bonds is 3. The second-order valence-electron chi connectivity index (χ2n) is 5.21. The SMILES string of the molecule is C[C@H](O)CN[C@H]1CCCC(C)(C)C1. The van der Waals surface area contributed by atoms with E-state index in [0.717, 1.165) is 6.54 Å². The van der Waals surface area contributed by atoms with E-state index in [1.54, 1.807) is 0 Å². The van der Waals surface area contributed by atoms with Gasteiger partial charge in [0.2, 0.25) is 0 Å². The fourth-order valence-electron chi connectivity index (χ4n) is 2.21. The Morgan fingerprint density at radius 3 is 2.77 bits per heavy atom. The van der Waals surface area contributed by atoms with Gasteiger partial charge < -0.3 is 10.4 Å². The summed E-state index contributed by atoms with van der Waals surface area (Å²) in [6.07, 6.45) is 4.98. The Hall–Kier alpha value is -0.0800. The summed E-state index contributed by atoms with van der Waals surface area (Å²) in [5.74, 6) is 0. The Balaban J connectivity index is 2.26. The lowest BCUT2D eigenvalue weighted by molar-refractivity contribution is 0.157. The quantitative estimate of drug-likeness (QED) is 0.704. The highest BCUT2D eigenvalue weighted by molar-refractivity contribution is 4.83. The molecule has 0 aromatic heterocycles. The van der Waals surface area contributed by atoms with E-state index in [-0.39, 0.29) is 6.10 Å². The van der Waals surface area contributed by atoms with Crippen molar-refractivity contribution in [2.24, 2.45) is 5.41 Å². The van der Waals surface area contributed by atoms with E-state index in [1.165, 1.54) is 25.7 Å². The van der Waals surface area contributed by atoms with Crippen LogP contribution in [-0.2, 0) is 0 Å². The van der Waals surface area contributed by atoms with Gasteiger partial charge in [0.1, 0.15) is 0 Å². The van der Waals surface area contributed by atoms with Gasteiger partial charge in [0.25, 0.3) is 0 Å². The largest absolute Gasteiger partial charge is 0.392 e. The molecule has 0 radical (unpaired) electrons. The third kappa shape index (κ3) is 4.10. The highest BCUT2D eigenvalue weighted by atomic mass is 16.3. The average Bonchev–Trinajstić information content (AvgIpc) is 1.99. The van der Waals surface area contributed by atoms with E-state index in [2.05, 4.69) is 19.2 Å². The van der Waals surface area contributed by atoms with Gasteiger partial charge in [-0.1, -0.05) is 20.3 Å². The number of aliphatic hydroxyl groups excluding tert-OH is 1. The van der Waals surface area contributed by atoms with E-state index in [0.29, 0.717) is 11.5 Å². The van der Waals surface area contributed by atoms with Gasteiger partial charge in [0.05, 0.1) is 6.10 Å². The van der Waals surface area contributed by atoms with Crippen molar-refractivity contribution < 1.29 is 5.11 Å². The summed E-state index contributed by atoms with van der Waals surface area (Å²) in [5, 5.41) is 12.6. The molecule has 0 saturated heterocycles. The van der Waals surface area contributed by atoms with E-state index in [1.807, 2.05) is 6.92 Å². The Morgan fingerprint density at radius 2 is 2.23 bits per heavy atom. The van der Waals surface area contributed by atoms with Crippen molar-refractivity contribution >= 4 is 0 Å². The molecule has 13 heavy (non-hydrogen) atoms. The van der Waals surface area contributed by atoms with Crippen LogP contribution in [0.2, 0.25) is 0 Å². The second kappa shape index (κ2) is 4.43. The van der Waals surface area contributed by atoms with E-state index in [4.69, 9.17) is 5.11 Å². The van der Waals surface area contributed by atoms with E-state index >= 15 is 0 Å². The van der Waals surface area contributed by atoms with Crippen LogP contribution in [0, 0.1) is 5.41 Å². The molecule has 0 aromatic carbocycles. The van der Waals surface area contributed by atoms with Gasteiger partial charge in [-0.05, 0) is 31.6 Å². The minimum Gasteiger partial charge on any atom is -0.392 e. The zero-order valence-electron chi connectivity index (χ0n) is 9.14. The number of hydrogen-bond donors (Lipinski definition) is 2. The van der Waals surface area contributed by atoms with Crippen LogP contribution in [0.15, 0.2) is 0 Å². The summed E-state index contributed by atoms with van der Waals surface area (Å²) >= 11 is 0. The highest BCUT2D eigenvalue weighted by Crippen LogP contribution is 2.34. The maximum absolute atomic E-state index is 9.15. The molecule has 0 aromatic rings. The summed E-state index contributed by atoms with van der Waals surface area (Å²) in [4.78, 5) is 0. The van der Waals surface area contributed by atoms with Gasteiger partial charge in [-0.25, -0.2) is 0 Å². The molecule has 0 amide bonds. The first-order valence-electron chi connectivity index (χ1n) is 5.41. The molecule has 1 rings (SSSR count). The van der Waals surface area contributed by atoms with Crippen molar-refractivity contribution in [1.29, 1.82) is 0 Å². The Kier molecular flexibility index (Phi) is 3.74. The Morgan fingerprint density at radius 1 is 1.54 bits per heavy atom. The highest BCUT2D eigenvalue weighted by Gasteiger charge is 2.27. The predicted molar refractivity (Wildman–Crippen MR) is 55.7 cm³/mol. The first-order chi connectivity index (χ1) is 5.99. The molecule has 1 fully saturated rings. The van der Waals surface area contributed by atoms with Crippen LogP contribution in [0.25, 0.3) is 0 Å². The summed E-state index contributed by atoms with van der Waals surface area (Å²) < 4.78 is 0. The minimum absolute atomic E-state index is 0.218. The molecule has 1 aliphatic rings. The molecule has 2 heteroatoms. The van der Waals surface area contributed by atoms with Crippen molar-refractivity contribution in [2.75, 3.05) is 6.54 Å². The van der Waals surface area contributed by atoms with Crippen LogP contribution in [0.3, 0.4) is 0 Å². The molecule has 0 heterocycles. The van der Waals surface area contributed by atoms with Gasteiger partial charge >= 0.3 is 0 Å². The lowest BCUT2D eigenvalue weighted by atomic mass is 9.75. The molecule has 0 aliphatic heterocycles. The lowest BCUT2D eigenvalue weighted by Gasteiger charge is -2.35. The third-order valence-corrected chi connectivity index (χ3v) is 2.91. The maximum atomic E-state index is 9.15. The molecular weight excluding hydrogens is 162 g/mol. The summed E-state index contributed by atoms with van der Waals surface area (Å²) in [5.41, 5.74) is 0.495. The van der Waals surface area contributed by atoms with E-state index in [9.17, 15) is 0 Å². The smallest absolute Gasteiger partial charge is 0.0636 e. The van der Waals surface area contributed by atoms with Gasteiger partial charge in [0.15, 0.2) is 0 Å². The van der Waals surface area contributed by atoms with Crippen molar-refractivity contribution in [3.63, 3.8) is 0 Å². The lowest BCUT2D eigenvalue weighted by Crippen LogP contribution is -2.40. The van der Waals surface area contributed by atoms with Crippen LogP contribution in [0.5, 0.6) is 0 Å². The zero-order valence-corrected chi connectivity index (χ0v) is 9.14. The summed E-state index contributed by atoms with van der Waals surface area (Å²) in [7, 11) is 0. The third-order valence-electron chi connectivity index (χ3n) is 2.91. The van der Waals surface area contributed by atoms with Crippen molar-refractivity contribution in [3.05, 3.63) is 0 Å². The molecule has 2 N–H and O–H groups in total. The number of nitrogens with one attached hydrogen (secondary N) is 1. The van der Waals surface area contributed by atoms with Crippen LogP contribution in [-0.4, -0.2) is 23.8 Å². The van der Waals surface area contributed by atoms with Crippen molar-refractivity contribution in [2.45, 2.75) is 58.6 Å². The normalized spacial score (nSPS) is 30.0. The van der Waals surface area contributed by atoms with Crippen LogP contribution in [0.4, 0.5) is 0 Å². The molecule has 2 atom stereocenters. The Labute approximate surface area is 81.7 Å². The maximum Gasteiger partial charge on any atom is 0.0636 e. The number of aliphatic hydroxyl groups is 1. The first-order valence-corrected chi connectivity index (χ1v) is 5.41. The van der Waals surface area contributed by atoms with Crippen LogP contribution in [0.1, 0.15) is 46.5 Å². The zero-order chi connectivity index (χ0) is 9.90. The van der Waals surface area contributed by atoms with Gasteiger partial charge in [-0.3, -0.25) is 0 Å². The molecule has 0 spiro atoms. The molecule has 2 nitrogen and oxygen atoms in total. The first kappa shape index (κ1) is 11.0. The topological polar surface area (TPSA) is 32.3 Å². The number of hydrogen-bond acceptors (Lipinski definition) is 2. The summed E-state index contributed by atoms with van der Waals surface area (Å²) in [6.45, 7) is 7.24. The Bertz CT molecular complexity index is 154. The van der Waals surface area contributed by atoms with Crippen LogP contribution < -0.4 is 5.32 Å². The fraction of sp³-hybridized carbons (Fsp3) is 1.00. The van der Waals surface area contributed by atoms with Crippen LogP contribution >= 0.6 is 0 Å². The van der Waals surface area contributed by atoms with E-state index < -0.39 is 0 Å². The van der Waals surface area contributed by atoms with Crippen molar-refractivity contribution in [3.8, 4) is 0 Å². The molecule has 1 saturated carbocycles. The molecule has 0 unspecified atom stereocenters. The van der Waals surface area contributed by atoms with Crippen molar-refractivity contribution in [1.82, 2.24) is 5.32 Å². The van der Waals surface area contributed by atoms with Gasteiger partial charge in [0, 0.05) is 12.6 Å². The fourth-order valence-corrected chi connectivity index (χ4v) is 2.21. The van der Waals surface area contributed by atoms with Gasteiger partial charge in [-0.2, -0.15) is 0 Å². The average molecular weight is 185 g/mol. The second-order valence-corrected chi connectivity index (χ2v) is 5.21. The standard InChI is InChI=1S/C11H23NO/c1-9(13)8-12-10-5-4-6-11(2,3)7-10/h9-10,12-13H,4-8H2,1-3H3/t9-,10-/m0/s1. The molecule has 0 bridgehead atoms. The molecule has 78 valence electrons. The monoisotopic (exact) mass is 185 g/mol. The minimum atomic E-state index is -0.218. The predicted octanol–water partition coefficient (Wildman–Crippen LogP) is 1.93. The summed E-state index contributed by atoms with van der Waals surface area (Å²) in [6, 6.07) is 0.623. The molecule has 1 aliphatic carbocycles. The molecular formula is C11H23NO.